The molecule has 4 aromatic rings. The summed E-state index contributed by atoms with van der Waals surface area (Å²) >= 11 is 13.0. The molecule has 0 spiro atoms. The first-order chi connectivity index (χ1) is 17.9. The van der Waals surface area contributed by atoms with Crippen molar-refractivity contribution in [3.63, 3.8) is 0 Å². The van der Waals surface area contributed by atoms with Gasteiger partial charge < -0.3 is 14.5 Å². The van der Waals surface area contributed by atoms with Crippen molar-refractivity contribution >= 4 is 51.8 Å². The number of aromatic nitrogens is 3. The predicted octanol–water partition coefficient (Wildman–Crippen LogP) is 7.04. The van der Waals surface area contributed by atoms with Crippen molar-refractivity contribution in [3.8, 4) is 11.3 Å². The number of rotatable bonds is 6. The molecule has 0 atom stereocenters. The van der Waals surface area contributed by atoms with Gasteiger partial charge in [0.2, 0.25) is 0 Å². The van der Waals surface area contributed by atoms with E-state index in [-0.39, 0.29) is 5.69 Å². The molecule has 1 N–H and O–H groups in total. The van der Waals surface area contributed by atoms with Crippen molar-refractivity contribution in [2.45, 2.75) is 31.6 Å². The number of allylic oxidation sites excluding steroid dienone is 1. The molecular weight excluding hydrogens is 511 g/mol. The summed E-state index contributed by atoms with van der Waals surface area (Å²) in [5.41, 5.74) is 4.40. The van der Waals surface area contributed by atoms with Crippen LogP contribution in [0.1, 0.15) is 53.4 Å². The Morgan fingerprint density at radius 3 is 2.51 bits per heavy atom. The lowest BCUT2D eigenvalue weighted by Crippen LogP contribution is -2.33. The van der Waals surface area contributed by atoms with E-state index in [0.717, 1.165) is 61.3 Å². The highest BCUT2D eigenvalue weighted by Gasteiger charge is 2.33. The zero-order chi connectivity index (χ0) is 25.7. The molecule has 7 nitrogen and oxygen atoms in total. The zero-order valence-corrected chi connectivity index (χ0v) is 21.8. The number of carboxylic acids is 1. The summed E-state index contributed by atoms with van der Waals surface area (Å²) < 4.78 is 7.43. The Balaban J connectivity index is 1.20. The molecule has 0 bridgehead atoms. The van der Waals surface area contributed by atoms with E-state index in [1.807, 2.05) is 36.4 Å². The van der Waals surface area contributed by atoms with Crippen molar-refractivity contribution in [2.24, 2.45) is 13.0 Å². The SMILES string of the molecule is Cn1nc(C(=O)O)c2ccc(N3CCC(/C=C/c4c(-c5c(Cl)cccc5Cl)noc4C4CC4)CC3)cc21. The second-order valence-corrected chi connectivity index (χ2v) is 10.7. The molecule has 0 radical (unpaired) electrons. The number of carboxylic acid groups (broad SMARTS) is 1. The van der Waals surface area contributed by atoms with E-state index in [1.54, 1.807) is 11.7 Å². The summed E-state index contributed by atoms with van der Waals surface area (Å²) in [5.74, 6) is 0.743. The average molecular weight is 537 g/mol. The Hall–Kier alpha value is -3.29. The van der Waals surface area contributed by atoms with E-state index in [1.165, 1.54) is 0 Å². The topological polar surface area (TPSA) is 84.4 Å². The third-order valence-electron chi connectivity index (χ3n) is 7.38. The number of hydrogen-bond acceptors (Lipinski definition) is 5. The second kappa shape index (κ2) is 9.54. The van der Waals surface area contributed by atoms with Gasteiger partial charge in [0.1, 0.15) is 11.5 Å². The van der Waals surface area contributed by atoms with E-state index in [9.17, 15) is 9.90 Å². The molecule has 1 aliphatic heterocycles. The summed E-state index contributed by atoms with van der Waals surface area (Å²) in [6.45, 7) is 1.82. The zero-order valence-electron chi connectivity index (χ0n) is 20.3. The van der Waals surface area contributed by atoms with Crippen LogP contribution < -0.4 is 4.90 Å². The van der Waals surface area contributed by atoms with Gasteiger partial charge in [-0.3, -0.25) is 4.68 Å². The first-order valence-electron chi connectivity index (χ1n) is 12.5. The van der Waals surface area contributed by atoms with Crippen LogP contribution in [0.5, 0.6) is 0 Å². The van der Waals surface area contributed by atoms with Crippen LogP contribution in [0.2, 0.25) is 10.0 Å². The normalized spacial score (nSPS) is 16.8. The Labute approximate surface area is 224 Å². The van der Waals surface area contributed by atoms with Crippen molar-refractivity contribution in [2.75, 3.05) is 18.0 Å². The highest BCUT2D eigenvalue weighted by molar-refractivity contribution is 6.39. The number of nitrogens with zero attached hydrogens (tertiary/aromatic N) is 4. The lowest BCUT2D eigenvalue weighted by molar-refractivity contribution is 0.0691. The number of carbonyl (C=O) groups is 1. The molecule has 3 heterocycles. The summed E-state index contributed by atoms with van der Waals surface area (Å²) in [6.07, 6.45) is 8.65. The minimum Gasteiger partial charge on any atom is -0.476 e. The number of hydrogen-bond donors (Lipinski definition) is 1. The van der Waals surface area contributed by atoms with Gasteiger partial charge in [0.25, 0.3) is 0 Å². The predicted molar refractivity (Wildman–Crippen MR) is 146 cm³/mol. The molecule has 1 aliphatic carbocycles. The van der Waals surface area contributed by atoms with Crippen molar-refractivity contribution in [3.05, 3.63) is 69.5 Å². The molecule has 2 aliphatic rings. The number of halogens is 2. The molecule has 1 saturated heterocycles. The van der Waals surface area contributed by atoms with E-state index in [4.69, 9.17) is 27.7 Å². The first kappa shape index (κ1) is 24.1. The maximum Gasteiger partial charge on any atom is 0.357 e. The maximum atomic E-state index is 11.5. The highest BCUT2D eigenvalue weighted by Crippen LogP contribution is 2.46. The number of fused-ring (bicyclic) bond motifs is 1. The lowest BCUT2D eigenvalue weighted by Gasteiger charge is -2.32. The number of aryl methyl sites for hydroxylation is 1. The van der Waals surface area contributed by atoms with E-state index in [0.29, 0.717) is 38.5 Å². The minimum atomic E-state index is -1.01. The quantitative estimate of drug-likeness (QED) is 0.284. The van der Waals surface area contributed by atoms with Gasteiger partial charge in [-0.2, -0.15) is 5.10 Å². The molecule has 9 heteroatoms. The van der Waals surface area contributed by atoms with Gasteiger partial charge in [-0.25, -0.2) is 4.79 Å². The van der Waals surface area contributed by atoms with Crippen LogP contribution >= 0.6 is 23.2 Å². The Morgan fingerprint density at radius 2 is 1.84 bits per heavy atom. The first-order valence-corrected chi connectivity index (χ1v) is 13.2. The molecule has 0 amide bonds. The fraction of sp³-hybridized carbons (Fsp3) is 0.321. The van der Waals surface area contributed by atoms with Gasteiger partial charge in [0, 0.05) is 48.3 Å². The molecular formula is C28H26Cl2N4O3. The number of piperidine rings is 1. The average Bonchev–Trinajstić information content (AvgIpc) is 3.57. The van der Waals surface area contributed by atoms with Gasteiger partial charge in [-0.05, 0) is 61.9 Å². The fourth-order valence-electron chi connectivity index (χ4n) is 5.20. The summed E-state index contributed by atoms with van der Waals surface area (Å²) in [4.78, 5) is 13.8. The molecule has 6 rings (SSSR count). The third-order valence-corrected chi connectivity index (χ3v) is 8.01. The van der Waals surface area contributed by atoms with Gasteiger partial charge >= 0.3 is 5.97 Å². The van der Waals surface area contributed by atoms with Crippen LogP contribution in [-0.2, 0) is 7.05 Å². The molecule has 190 valence electrons. The van der Waals surface area contributed by atoms with Crippen LogP contribution in [0.3, 0.4) is 0 Å². The summed E-state index contributed by atoms with van der Waals surface area (Å²) in [7, 11) is 1.78. The Kier molecular flexibility index (Phi) is 6.21. The molecule has 1 saturated carbocycles. The summed E-state index contributed by atoms with van der Waals surface area (Å²) in [5, 5.41) is 19.7. The van der Waals surface area contributed by atoms with E-state index < -0.39 is 5.97 Å². The van der Waals surface area contributed by atoms with Gasteiger partial charge in [0.15, 0.2) is 5.69 Å². The Bertz CT molecular complexity index is 1510. The monoisotopic (exact) mass is 536 g/mol. The third kappa shape index (κ3) is 4.51. The van der Waals surface area contributed by atoms with Gasteiger partial charge in [-0.1, -0.05) is 46.6 Å². The molecule has 37 heavy (non-hydrogen) atoms. The largest absolute Gasteiger partial charge is 0.476 e. The number of aromatic carboxylic acids is 1. The number of anilines is 1. The van der Waals surface area contributed by atoms with E-state index in [2.05, 4.69) is 27.3 Å². The van der Waals surface area contributed by atoms with Gasteiger partial charge in [0.05, 0.1) is 15.6 Å². The fourth-order valence-corrected chi connectivity index (χ4v) is 5.77. The molecule has 2 aromatic carbocycles. The maximum absolute atomic E-state index is 11.5. The van der Waals surface area contributed by atoms with E-state index >= 15 is 0 Å². The van der Waals surface area contributed by atoms with Crippen molar-refractivity contribution < 1.29 is 14.4 Å². The van der Waals surface area contributed by atoms with Crippen molar-refractivity contribution in [1.82, 2.24) is 14.9 Å². The van der Waals surface area contributed by atoms with Crippen LogP contribution in [0.25, 0.3) is 28.2 Å². The van der Waals surface area contributed by atoms with Crippen LogP contribution in [0.4, 0.5) is 5.69 Å². The number of benzene rings is 2. The Morgan fingerprint density at radius 1 is 1.11 bits per heavy atom. The lowest BCUT2D eigenvalue weighted by atomic mass is 9.94. The standard InChI is InChI=1S/C28H26Cl2N4O3/c1-33-23-15-18(8-10-19(23)26(31-33)28(35)36)34-13-11-16(12-14-34)5-9-20-25(32-37-27(20)17-6-7-17)24-21(29)3-2-4-22(24)30/h2-5,8-10,15-17H,6-7,11-14H2,1H3,(H,35,36)/b9-5+. The van der Waals surface area contributed by atoms with Crippen LogP contribution in [-0.4, -0.2) is 39.1 Å². The van der Waals surface area contributed by atoms with Crippen LogP contribution in [0.15, 0.2) is 47.0 Å². The molecule has 0 unspecified atom stereocenters. The second-order valence-electron chi connectivity index (χ2n) is 9.84. The van der Waals surface area contributed by atoms with Crippen molar-refractivity contribution in [1.29, 1.82) is 0 Å². The highest BCUT2D eigenvalue weighted by atomic mass is 35.5. The smallest absolute Gasteiger partial charge is 0.357 e. The molecule has 2 fully saturated rings. The minimum absolute atomic E-state index is 0.0876. The van der Waals surface area contributed by atoms with Gasteiger partial charge in [-0.15, -0.1) is 0 Å². The van der Waals surface area contributed by atoms with Crippen LogP contribution in [0, 0.1) is 5.92 Å². The summed E-state index contributed by atoms with van der Waals surface area (Å²) in [6, 6.07) is 11.4. The molecule has 2 aromatic heterocycles.